The normalized spacial score (nSPS) is 17.4. The van der Waals surface area contributed by atoms with E-state index in [4.69, 9.17) is 4.42 Å². The number of nitrogens with zero attached hydrogens (tertiary/aromatic N) is 4. The third-order valence-corrected chi connectivity index (χ3v) is 6.58. The fourth-order valence-corrected chi connectivity index (χ4v) is 4.33. The molecular weight excluding hydrogens is 471 g/mol. The van der Waals surface area contributed by atoms with E-state index in [9.17, 15) is 18.0 Å². The van der Waals surface area contributed by atoms with Crippen LogP contribution < -0.4 is 5.43 Å². The number of nitrogens with one attached hydrogen (secondary N) is 1. The summed E-state index contributed by atoms with van der Waals surface area (Å²) in [5.41, 5.74) is 5.33. The van der Waals surface area contributed by atoms with Crippen LogP contribution in [0.2, 0.25) is 0 Å². The van der Waals surface area contributed by atoms with Crippen LogP contribution in [0, 0.1) is 17.5 Å². The van der Waals surface area contributed by atoms with E-state index in [1.54, 1.807) is 12.1 Å². The lowest BCUT2D eigenvalue weighted by molar-refractivity contribution is 0.111. The van der Waals surface area contributed by atoms with E-state index < -0.39 is 28.6 Å². The number of aromatic nitrogens is 2. The highest BCUT2D eigenvalue weighted by atomic mass is 19.2. The smallest absolute Gasteiger partial charge is 0.246 e. The predicted octanol–water partition coefficient (Wildman–Crippen LogP) is 5.21. The average Bonchev–Trinajstić information content (AvgIpc) is 3.56. The molecule has 2 aliphatic rings. The van der Waals surface area contributed by atoms with Crippen LogP contribution in [0.3, 0.4) is 0 Å². The molecule has 1 fully saturated rings. The van der Waals surface area contributed by atoms with Crippen LogP contribution >= 0.6 is 0 Å². The lowest BCUT2D eigenvalue weighted by Gasteiger charge is -2.20. The first-order valence-corrected chi connectivity index (χ1v) is 11.5. The van der Waals surface area contributed by atoms with Gasteiger partial charge in [0, 0.05) is 24.2 Å². The fraction of sp³-hybridized carbons (Fsp3) is 0.231. The molecule has 1 atom stereocenters. The lowest BCUT2D eigenvalue weighted by atomic mass is 9.97. The zero-order valence-electron chi connectivity index (χ0n) is 19.3. The SMILES string of the molecule is CC1NN=C(c2cc(F)ccc2-c2cc(-c3nc4cc(C=O)c(F)c(F)c4o3)nc(C3CC3)c2)N1C. The Kier molecular flexibility index (Phi) is 5.06. The van der Waals surface area contributed by atoms with Crippen molar-refractivity contribution in [1.29, 1.82) is 0 Å². The second-order valence-corrected chi connectivity index (χ2v) is 9.06. The number of hydrazone groups is 1. The van der Waals surface area contributed by atoms with Crippen LogP contribution in [0.25, 0.3) is 33.8 Å². The Hall–Kier alpha value is -4.21. The molecule has 1 saturated carbocycles. The average molecular weight is 491 g/mol. The van der Waals surface area contributed by atoms with Crippen molar-refractivity contribution in [1.82, 2.24) is 20.3 Å². The Labute approximate surface area is 203 Å². The highest BCUT2D eigenvalue weighted by molar-refractivity contribution is 6.05. The molecule has 2 aromatic heterocycles. The van der Waals surface area contributed by atoms with Crippen LogP contribution in [0.15, 0.2) is 45.9 Å². The van der Waals surface area contributed by atoms with Gasteiger partial charge >= 0.3 is 0 Å². The molecule has 3 heterocycles. The Balaban J connectivity index is 1.53. The number of rotatable bonds is 5. The van der Waals surface area contributed by atoms with E-state index in [1.165, 1.54) is 12.1 Å². The topological polar surface area (TPSA) is 83.6 Å². The Morgan fingerprint density at radius 3 is 2.56 bits per heavy atom. The number of halogens is 3. The van der Waals surface area contributed by atoms with Crippen molar-refractivity contribution in [3.8, 4) is 22.7 Å². The van der Waals surface area contributed by atoms with Gasteiger partial charge in [-0.15, -0.1) is 0 Å². The molecule has 1 aliphatic heterocycles. The van der Waals surface area contributed by atoms with E-state index in [0.29, 0.717) is 17.1 Å². The van der Waals surface area contributed by atoms with Gasteiger partial charge in [0.05, 0.1) is 5.56 Å². The summed E-state index contributed by atoms with van der Waals surface area (Å²) in [5.74, 6) is -2.14. The summed E-state index contributed by atoms with van der Waals surface area (Å²) >= 11 is 0. The van der Waals surface area contributed by atoms with E-state index in [-0.39, 0.29) is 29.8 Å². The molecule has 182 valence electrons. The van der Waals surface area contributed by atoms with Crippen LogP contribution in [-0.2, 0) is 0 Å². The van der Waals surface area contributed by atoms with Crippen molar-refractivity contribution < 1.29 is 22.4 Å². The van der Waals surface area contributed by atoms with Gasteiger partial charge < -0.3 is 9.32 Å². The quantitative estimate of drug-likeness (QED) is 0.386. The monoisotopic (exact) mass is 491 g/mol. The molecule has 4 aromatic rings. The van der Waals surface area contributed by atoms with E-state index in [0.717, 1.165) is 35.7 Å². The molecule has 36 heavy (non-hydrogen) atoms. The Morgan fingerprint density at radius 1 is 1.06 bits per heavy atom. The number of aldehydes is 1. The van der Waals surface area contributed by atoms with Gasteiger partial charge in [0.2, 0.25) is 11.7 Å². The highest BCUT2D eigenvalue weighted by Gasteiger charge is 2.29. The maximum atomic E-state index is 14.5. The number of oxazole rings is 1. The van der Waals surface area contributed by atoms with Crippen LogP contribution in [0.1, 0.15) is 47.3 Å². The molecule has 1 unspecified atom stereocenters. The van der Waals surface area contributed by atoms with E-state index >= 15 is 0 Å². The number of benzene rings is 2. The molecule has 7 nitrogen and oxygen atoms in total. The molecule has 6 rings (SSSR count). The molecule has 1 aliphatic carbocycles. The van der Waals surface area contributed by atoms with Crippen molar-refractivity contribution in [2.75, 3.05) is 7.05 Å². The minimum Gasteiger partial charge on any atom is -0.431 e. The minimum atomic E-state index is -1.29. The number of carbonyl (C=O) groups is 1. The maximum absolute atomic E-state index is 14.5. The Morgan fingerprint density at radius 2 is 1.86 bits per heavy atom. The zero-order chi connectivity index (χ0) is 25.1. The number of pyridine rings is 1. The molecule has 0 radical (unpaired) electrons. The third-order valence-electron chi connectivity index (χ3n) is 6.58. The number of carbonyl (C=O) groups excluding carboxylic acids is 1. The highest BCUT2D eigenvalue weighted by Crippen LogP contribution is 2.42. The van der Waals surface area contributed by atoms with Gasteiger partial charge in [-0.3, -0.25) is 10.2 Å². The van der Waals surface area contributed by atoms with E-state index in [1.807, 2.05) is 24.9 Å². The van der Waals surface area contributed by atoms with Crippen molar-refractivity contribution in [2.24, 2.45) is 5.10 Å². The molecule has 0 bridgehead atoms. The first-order chi connectivity index (χ1) is 17.3. The lowest BCUT2D eigenvalue weighted by Crippen LogP contribution is -2.34. The third kappa shape index (κ3) is 3.60. The fourth-order valence-electron chi connectivity index (χ4n) is 4.33. The first-order valence-electron chi connectivity index (χ1n) is 11.5. The van der Waals surface area contributed by atoms with Gasteiger partial charge in [0.15, 0.2) is 23.5 Å². The summed E-state index contributed by atoms with van der Waals surface area (Å²) in [6, 6.07) is 9.28. The summed E-state index contributed by atoms with van der Waals surface area (Å²) in [6.07, 6.45) is 2.11. The molecule has 0 saturated heterocycles. The number of hydrogen-bond acceptors (Lipinski definition) is 7. The molecule has 2 aromatic carbocycles. The largest absolute Gasteiger partial charge is 0.431 e. The van der Waals surface area contributed by atoms with Crippen LogP contribution in [0.4, 0.5) is 13.2 Å². The minimum absolute atomic E-state index is 0.00984. The second-order valence-electron chi connectivity index (χ2n) is 9.06. The summed E-state index contributed by atoms with van der Waals surface area (Å²) in [5, 5.41) is 4.38. The molecule has 0 spiro atoms. The number of hydrogen-bond donors (Lipinski definition) is 1. The molecule has 10 heteroatoms. The van der Waals surface area contributed by atoms with Crippen LogP contribution in [0.5, 0.6) is 0 Å². The predicted molar refractivity (Wildman–Crippen MR) is 127 cm³/mol. The van der Waals surface area contributed by atoms with Gasteiger partial charge in [0.1, 0.15) is 23.2 Å². The van der Waals surface area contributed by atoms with Gasteiger partial charge in [-0.25, -0.2) is 18.7 Å². The number of amidine groups is 1. The first kappa shape index (κ1) is 22.3. The van der Waals surface area contributed by atoms with Crippen LogP contribution in [-0.4, -0.2) is 40.2 Å². The van der Waals surface area contributed by atoms with Gasteiger partial charge in [-0.2, -0.15) is 9.49 Å². The van der Waals surface area contributed by atoms with Crippen molar-refractivity contribution in [3.63, 3.8) is 0 Å². The Bertz CT molecular complexity index is 1580. The van der Waals surface area contributed by atoms with Crippen molar-refractivity contribution in [2.45, 2.75) is 31.8 Å². The molecule has 1 N–H and O–H groups in total. The van der Waals surface area contributed by atoms with Crippen molar-refractivity contribution >= 4 is 23.2 Å². The standard InChI is InChI=1S/C26H20F3N5O2/c1-12-32-33-25(34(12)2)18-10-16(27)5-6-17(18)14-7-19(13-3-4-13)30-21(8-14)26-31-20-9-15(11-35)22(28)23(29)24(20)36-26/h5-13,32H,3-4H2,1-2H3. The zero-order valence-corrected chi connectivity index (χ0v) is 19.3. The van der Waals surface area contributed by atoms with Crippen molar-refractivity contribution in [3.05, 3.63) is 70.7 Å². The number of fused-ring (bicyclic) bond motifs is 1. The summed E-state index contributed by atoms with van der Waals surface area (Å²) in [4.78, 5) is 22.0. The molecular formula is C26H20F3N5O2. The molecule has 0 amide bonds. The van der Waals surface area contributed by atoms with E-state index in [2.05, 4.69) is 20.5 Å². The summed E-state index contributed by atoms with van der Waals surface area (Å²) in [6.45, 7) is 1.94. The van der Waals surface area contributed by atoms with Gasteiger partial charge in [-0.1, -0.05) is 6.07 Å². The maximum Gasteiger partial charge on any atom is 0.246 e. The van der Waals surface area contributed by atoms with Gasteiger partial charge in [0.25, 0.3) is 0 Å². The summed E-state index contributed by atoms with van der Waals surface area (Å²) in [7, 11) is 1.87. The van der Waals surface area contributed by atoms with Gasteiger partial charge in [-0.05, 0) is 61.2 Å². The summed E-state index contributed by atoms with van der Waals surface area (Å²) < 4.78 is 48.6. The second kappa shape index (κ2) is 8.18.